The highest BCUT2D eigenvalue weighted by Gasteiger charge is 2.50. The van der Waals surface area contributed by atoms with Crippen LogP contribution in [-0.2, 0) is 5.41 Å². The Morgan fingerprint density at radius 2 is 1.03 bits per heavy atom. The zero-order chi connectivity index (χ0) is 42.1. The number of aromatic nitrogens is 1. The zero-order valence-electron chi connectivity index (χ0n) is 35.9. The largest absolute Gasteiger partial charge is 0.310 e. The van der Waals surface area contributed by atoms with Crippen LogP contribution in [-0.4, -0.2) is 4.57 Å². The van der Waals surface area contributed by atoms with Gasteiger partial charge in [0.1, 0.15) is 0 Å². The van der Waals surface area contributed by atoms with Crippen LogP contribution in [0.15, 0.2) is 218 Å². The van der Waals surface area contributed by atoms with Crippen molar-refractivity contribution in [2.45, 2.75) is 5.41 Å². The molecule has 0 radical (unpaired) electrons. The van der Waals surface area contributed by atoms with E-state index in [1.165, 1.54) is 5.39 Å². The van der Waals surface area contributed by atoms with Gasteiger partial charge in [-0.2, -0.15) is 0 Å². The molecule has 2 heteroatoms. The van der Waals surface area contributed by atoms with Gasteiger partial charge in [0.2, 0.25) is 0 Å². The van der Waals surface area contributed by atoms with Crippen molar-refractivity contribution >= 4 is 60.4 Å². The van der Waals surface area contributed by atoms with Gasteiger partial charge < -0.3 is 9.47 Å². The zero-order valence-corrected chi connectivity index (χ0v) is 31.9. The molecule has 1 aromatic heterocycles. The van der Waals surface area contributed by atoms with Crippen LogP contribution < -0.4 is 4.90 Å². The van der Waals surface area contributed by atoms with Gasteiger partial charge in [-0.25, -0.2) is 0 Å². The highest BCUT2D eigenvalue weighted by Crippen LogP contribution is 2.62. The maximum absolute atomic E-state index is 9.76. The fourth-order valence-electron chi connectivity index (χ4n) is 10.5. The first kappa shape index (κ1) is 28.7. The number of rotatable bonds is 4. The van der Waals surface area contributed by atoms with Gasteiger partial charge in [-0.3, -0.25) is 0 Å². The van der Waals surface area contributed by atoms with E-state index in [-0.39, 0.29) is 24.2 Å². The van der Waals surface area contributed by atoms with Gasteiger partial charge in [0.15, 0.2) is 0 Å². The predicted molar refractivity (Wildman–Crippen MR) is 247 cm³/mol. The van der Waals surface area contributed by atoms with Crippen LogP contribution in [0.3, 0.4) is 0 Å². The number of benzene rings is 10. The second-order valence-corrected chi connectivity index (χ2v) is 15.7. The van der Waals surface area contributed by atoms with E-state index in [1.54, 1.807) is 0 Å². The molecule has 2 aliphatic rings. The smallest absolute Gasteiger partial charge is 0.0726 e. The van der Waals surface area contributed by atoms with Gasteiger partial charge in [-0.05, 0) is 127 Å². The van der Waals surface area contributed by atoms with E-state index in [0.29, 0.717) is 11.1 Å². The lowest BCUT2D eigenvalue weighted by molar-refractivity contribution is 0.773. The SMILES string of the molecule is [2H]c1c([2H])c([2H])c2c(c1[2H])-c1ccccc1C21c2cc(N(c3ccc4ccccc4c3)c3ccc4c(c3)c3ccccc3n4-c3ccccc3)ccc2-c2cccc3cccc1c23. The molecule has 0 aliphatic heterocycles. The minimum absolute atomic E-state index is 0.0124. The molecular formula is C57H36N2. The fraction of sp³-hybridized carbons (Fsp3) is 0.0175. The summed E-state index contributed by atoms with van der Waals surface area (Å²) in [6.07, 6.45) is 0. The molecule has 0 amide bonds. The third kappa shape index (κ3) is 4.40. The number of anilines is 3. The lowest BCUT2D eigenvalue weighted by atomic mass is 9.61. The molecule has 0 saturated carbocycles. The molecule has 1 atom stereocenters. The summed E-state index contributed by atoms with van der Waals surface area (Å²) in [7, 11) is 0. The third-order valence-electron chi connectivity index (χ3n) is 12.8. The maximum Gasteiger partial charge on any atom is 0.0726 e. The van der Waals surface area contributed by atoms with Crippen molar-refractivity contribution in [3.63, 3.8) is 0 Å². The van der Waals surface area contributed by atoms with Crippen molar-refractivity contribution < 1.29 is 5.48 Å². The van der Waals surface area contributed by atoms with Crippen molar-refractivity contribution in [2.75, 3.05) is 4.90 Å². The van der Waals surface area contributed by atoms with Crippen LogP contribution >= 0.6 is 0 Å². The first-order chi connectivity index (χ1) is 30.9. The Kier molecular flexibility index (Phi) is 5.91. The number of nitrogens with zero attached hydrogens (tertiary/aromatic N) is 2. The highest BCUT2D eigenvalue weighted by molar-refractivity contribution is 6.11. The van der Waals surface area contributed by atoms with Gasteiger partial charge in [-0.15, -0.1) is 0 Å². The Bertz CT molecular complexity index is 3750. The molecule has 11 aromatic rings. The van der Waals surface area contributed by atoms with Crippen LogP contribution in [0.4, 0.5) is 17.1 Å². The van der Waals surface area contributed by atoms with Gasteiger partial charge in [0.25, 0.3) is 0 Å². The van der Waals surface area contributed by atoms with E-state index >= 15 is 0 Å². The van der Waals surface area contributed by atoms with Crippen LogP contribution in [0.5, 0.6) is 0 Å². The van der Waals surface area contributed by atoms with Gasteiger partial charge in [-0.1, -0.05) is 158 Å². The molecule has 0 fully saturated rings. The Balaban J connectivity index is 1.14. The maximum atomic E-state index is 9.76. The fourth-order valence-corrected chi connectivity index (χ4v) is 10.5. The van der Waals surface area contributed by atoms with Crippen LogP contribution in [0.1, 0.15) is 27.7 Å². The van der Waals surface area contributed by atoms with Crippen molar-refractivity contribution in [1.29, 1.82) is 0 Å². The molecule has 2 nitrogen and oxygen atoms in total. The van der Waals surface area contributed by atoms with Crippen molar-refractivity contribution in [2.24, 2.45) is 0 Å². The minimum atomic E-state index is -1.05. The van der Waals surface area contributed by atoms with Crippen LogP contribution in [0, 0.1) is 0 Å². The van der Waals surface area contributed by atoms with Gasteiger partial charge in [0, 0.05) is 33.5 Å². The molecule has 0 N–H and O–H groups in total. The Labute approximate surface area is 348 Å². The van der Waals surface area contributed by atoms with Crippen LogP contribution in [0.25, 0.3) is 71.3 Å². The monoisotopic (exact) mass is 752 g/mol. The molecule has 1 heterocycles. The highest BCUT2D eigenvalue weighted by atomic mass is 15.1. The topological polar surface area (TPSA) is 8.17 Å². The lowest BCUT2D eigenvalue weighted by Crippen LogP contribution is -2.32. The lowest BCUT2D eigenvalue weighted by Gasteiger charge is -2.41. The van der Waals surface area contributed by atoms with Crippen molar-refractivity contribution in [3.8, 4) is 27.9 Å². The Morgan fingerprint density at radius 3 is 1.97 bits per heavy atom. The average Bonchev–Trinajstić information content (AvgIpc) is 3.83. The van der Waals surface area contributed by atoms with E-state index in [9.17, 15) is 2.74 Å². The van der Waals surface area contributed by atoms with E-state index in [0.717, 1.165) is 94.1 Å². The minimum Gasteiger partial charge on any atom is -0.310 e. The molecule has 1 unspecified atom stereocenters. The van der Waals surface area contributed by atoms with Crippen LogP contribution in [0.2, 0.25) is 0 Å². The summed E-state index contributed by atoms with van der Waals surface area (Å²) >= 11 is 0. The molecule has 0 saturated heterocycles. The van der Waals surface area contributed by atoms with Gasteiger partial charge >= 0.3 is 0 Å². The Morgan fingerprint density at radius 1 is 0.390 bits per heavy atom. The second-order valence-electron chi connectivity index (χ2n) is 15.7. The molecule has 13 rings (SSSR count). The molecule has 10 aromatic carbocycles. The second kappa shape index (κ2) is 12.2. The summed E-state index contributed by atoms with van der Waals surface area (Å²) in [6, 6.07) is 68.3. The molecule has 2 aliphatic carbocycles. The molecule has 1 spiro atoms. The summed E-state index contributed by atoms with van der Waals surface area (Å²) in [5.74, 6) is 0. The van der Waals surface area contributed by atoms with E-state index < -0.39 is 5.41 Å². The van der Waals surface area contributed by atoms with E-state index in [2.05, 4.69) is 185 Å². The first-order valence-electron chi connectivity index (χ1n) is 22.2. The summed E-state index contributed by atoms with van der Waals surface area (Å²) in [5, 5.41) is 6.78. The van der Waals surface area contributed by atoms with E-state index in [1.807, 2.05) is 18.2 Å². The number of hydrogen-bond donors (Lipinski definition) is 0. The quantitative estimate of drug-likeness (QED) is 0.174. The average molecular weight is 753 g/mol. The molecule has 274 valence electrons. The first-order valence-corrected chi connectivity index (χ1v) is 20.2. The van der Waals surface area contributed by atoms with E-state index in [4.69, 9.17) is 2.74 Å². The molecule has 59 heavy (non-hydrogen) atoms. The summed E-state index contributed by atoms with van der Waals surface area (Å²) in [6.45, 7) is 0. The Hall–Kier alpha value is -7.68. The summed E-state index contributed by atoms with van der Waals surface area (Å²) in [4.78, 5) is 2.34. The number of para-hydroxylation sites is 2. The predicted octanol–water partition coefficient (Wildman–Crippen LogP) is 14.9. The normalized spacial score (nSPS) is 15.8. The number of fused-ring (bicyclic) bond motifs is 13. The van der Waals surface area contributed by atoms with Crippen molar-refractivity contribution in [1.82, 2.24) is 4.57 Å². The summed E-state index contributed by atoms with van der Waals surface area (Å²) in [5.41, 5.74) is 12.3. The summed E-state index contributed by atoms with van der Waals surface area (Å²) < 4.78 is 39.5. The standard InChI is InChI=1S/C57H36N2/c1-2-18-40(19-3-1)59-54-27-11-8-22-47(54)49-35-42(31-33-55(49)59)58(41-29-28-37-14-4-5-15-39(37)34-41)43-30-32-46-48-23-12-16-38-17-13-26-52(56(38)48)57(53(46)36-43)50-24-9-6-20-44(50)45-21-7-10-25-51(45)57/h1-36H/i6D,9D,20D,24D. The van der Waals surface area contributed by atoms with Crippen molar-refractivity contribution in [3.05, 3.63) is 241 Å². The number of hydrogen-bond acceptors (Lipinski definition) is 1. The molecule has 0 bridgehead atoms. The molecular weight excluding hydrogens is 713 g/mol. The van der Waals surface area contributed by atoms with Gasteiger partial charge in [0.05, 0.1) is 21.9 Å². The third-order valence-corrected chi connectivity index (χ3v) is 12.8.